The number of furan rings is 1. The van der Waals surface area contributed by atoms with E-state index in [0.717, 1.165) is 24.5 Å². The second-order valence-corrected chi connectivity index (χ2v) is 9.31. The van der Waals surface area contributed by atoms with Crippen molar-refractivity contribution in [2.75, 3.05) is 24.5 Å². The van der Waals surface area contributed by atoms with Gasteiger partial charge < -0.3 is 9.32 Å². The van der Waals surface area contributed by atoms with E-state index in [4.69, 9.17) is 4.42 Å². The Morgan fingerprint density at radius 1 is 1.12 bits per heavy atom. The number of para-hydroxylation sites is 1. The summed E-state index contributed by atoms with van der Waals surface area (Å²) in [5.74, 6) is 1.60. The largest absolute Gasteiger partial charge is 0.468 e. The standard InChI is InChI=1S/C19H23N3O3S/c23-26(24)19-6-2-1-5-17(19)22(10-14-7-8-14)18-13-21(12-16(18)20-26)11-15-4-3-9-25-15/h1-6,9,14,16,18,20H,7-8,10-13H2/t16-,18-/m0/s1. The van der Waals surface area contributed by atoms with Crippen molar-refractivity contribution in [3.8, 4) is 0 Å². The second kappa shape index (κ2) is 6.11. The fraction of sp³-hybridized carbons (Fsp3) is 0.474. The fourth-order valence-corrected chi connectivity index (χ4v) is 5.70. The Bertz CT molecular complexity index is 893. The molecule has 0 radical (unpaired) electrons. The van der Waals surface area contributed by atoms with E-state index in [1.165, 1.54) is 12.8 Å². The van der Waals surface area contributed by atoms with Crippen molar-refractivity contribution in [3.05, 3.63) is 48.4 Å². The Balaban J connectivity index is 1.49. The van der Waals surface area contributed by atoms with Gasteiger partial charge >= 0.3 is 0 Å². The number of anilines is 1. The van der Waals surface area contributed by atoms with Gasteiger partial charge in [-0.2, -0.15) is 0 Å². The number of hydrogen-bond donors (Lipinski definition) is 1. The lowest BCUT2D eigenvalue weighted by molar-refractivity contribution is 0.289. The highest BCUT2D eigenvalue weighted by Crippen LogP contribution is 2.38. The molecule has 26 heavy (non-hydrogen) atoms. The summed E-state index contributed by atoms with van der Waals surface area (Å²) in [6, 6.07) is 11.3. The Hall–Kier alpha value is -1.83. The molecule has 2 fully saturated rings. The first-order valence-corrected chi connectivity index (χ1v) is 10.7. The maximum atomic E-state index is 12.9. The van der Waals surface area contributed by atoms with Crippen molar-refractivity contribution in [3.63, 3.8) is 0 Å². The number of likely N-dealkylation sites (tertiary alicyclic amines) is 1. The van der Waals surface area contributed by atoms with Crippen LogP contribution in [-0.2, 0) is 16.6 Å². The van der Waals surface area contributed by atoms with Gasteiger partial charge in [0.2, 0.25) is 10.0 Å². The average molecular weight is 373 g/mol. The lowest BCUT2D eigenvalue weighted by Crippen LogP contribution is -2.49. The highest BCUT2D eigenvalue weighted by atomic mass is 32.2. The second-order valence-electron chi connectivity index (χ2n) is 7.63. The summed E-state index contributed by atoms with van der Waals surface area (Å²) >= 11 is 0. The first kappa shape index (κ1) is 16.4. The highest BCUT2D eigenvalue weighted by Gasteiger charge is 2.44. The zero-order chi connectivity index (χ0) is 17.7. The molecule has 2 aromatic rings. The molecule has 1 N–H and O–H groups in total. The highest BCUT2D eigenvalue weighted by molar-refractivity contribution is 7.89. The quantitative estimate of drug-likeness (QED) is 0.888. The van der Waals surface area contributed by atoms with Gasteiger partial charge in [-0.3, -0.25) is 4.90 Å². The number of nitrogens with one attached hydrogen (secondary N) is 1. The van der Waals surface area contributed by atoms with Gasteiger partial charge in [-0.25, -0.2) is 13.1 Å². The molecule has 1 aromatic carbocycles. The van der Waals surface area contributed by atoms with Gasteiger partial charge in [-0.1, -0.05) is 12.1 Å². The third-order valence-corrected chi connectivity index (χ3v) is 7.18. The summed E-state index contributed by atoms with van der Waals surface area (Å²) < 4.78 is 34.3. The number of nitrogens with zero attached hydrogens (tertiary/aromatic N) is 2. The Morgan fingerprint density at radius 3 is 2.73 bits per heavy atom. The molecule has 0 amide bonds. The van der Waals surface area contributed by atoms with E-state index in [-0.39, 0.29) is 12.1 Å². The third kappa shape index (κ3) is 2.94. The summed E-state index contributed by atoms with van der Waals surface area (Å²) in [6.45, 7) is 3.17. The van der Waals surface area contributed by atoms with Crippen LogP contribution in [0.25, 0.3) is 0 Å². The molecule has 2 aliphatic heterocycles. The SMILES string of the molecule is O=S1(=O)N[C@H]2CN(Cc3ccco3)C[C@@H]2N(CC2CC2)c2ccccc21. The fourth-order valence-electron chi connectivity index (χ4n) is 4.23. The van der Waals surface area contributed by atoms with Crippen LogP contribution in [-0.4, -0.2) is 45.0 Å². The number of hydrogen-bond acceptors (Lipinski definition) is 5. The Morgan fingerprint density at radius 2 is 1.96 bits per heavy atom. The molecule has 0 spiro atoms. The number of fused-ring (bicyclic) bond motifs is 2. The first-order chi connectivity index (χ1) is 12.6. The molecule has 7 heteroatoms. The molecule has 138 valence electrons. The predicted octanol–water partition coefficient (Wildman–Crippen LogP) is 2.04. The normalized spacial score (nSPS) is 27.8. The van der Waals surface area contributed by atoms with Crippen LogP contribution in [0.2, 0.25) is 0 Å². The van der Waals surface area contributed by atoms with E-state index in [1.54, 1.807) is 18.4 Å². The molecular formula is C19H23N3O3S. The van der Waals surface area contributed by atoms with E-state index in [0.29, 0.717) is 23.9 Å². The van der Waals surface area contributed by atoms with Crippen molar-refractivity contribution >= 4 is 15.7 Å². The van der Waals surface area contributed by atoms with Crippen molar-refractivity contribution in [1.82, 2.24) is 9.62 Å². The number of benzene rings is 1. The summed E-state index contributed by atoms with van der Waals surface area (Å²) in [7, 11) is -3.51. The molecule has 3 aliphatic rings. The molecule has 3 heterocycles. The summed E-state index contributed by atoms with van der Waals surface area (Å²) in [5, 5.41) is 0. The summed E-state index contributed by atoms with van der Waals surface area (Å²) in [4.78, 5) is 5.04. The molecule has 0 unspecified atom stereocenters. The average Bonchev–Trinajstić information content (AvgIpc) is 3.17. The lowest BCUT2D eigenvalue weighted by Gasteiger charge is -2.32. The molecule has 2 atom stereocenters. The van der Waals surface area contributed by atoms with Crippen LogP contribution in [0.5, 0.6) is 0 Å². The van der Waals surface area contributed by atoms with Crippen LogP contribution < -0.4 is 9.62 Å². The van der Waals surface area contributed by atoms with Crippen LogP contribution in [0.4, 0.5) is 5.69 Å². The monoisotopic (exact) mass is 373 g/mol. The minimum Gasteiger partial charge on any atom is -0.468 e. The number of sulfonamides is 1. The van der Waals surface area contributed by atoms with Crippen LogP contribution >= 0.6 is 0 Å². The predicted molar refractivity (Wildman–Crippen MR) is 98.4 cm³/mol. The van der Waals surface area contributed by atoms with Crippen LogP contribution in [0, 0.1) is 5.92 Å². The van der Waals surface area contributed by atoms with E-state index < -0.39 is 10.0 Å². The van der Waals surface area contributed by atoms with Gasteiger partial charge in [0.1, 0.15) is 10.7 Å². The molecule has 1 saturated carbocycles. The molecule has 5 rings (SSSR count). The van der Waals surface area contributed by atoms with Gasteiger partial charge in [-0.15, -0.1) is 0 Å². The van der Waals surface area contributed by atoms with E-state index in [2.05, 4.69) is 14.5 Å². The van der Waals surface area contributed by atoms with Crippen molar-refractivity contribution in [2.24, 2.45) is 5.92 Å². The number of rotatable bonds is 4. The van der Waals surface area contributed by atoms with Crippen molar-refractivity contribution < 1.29 is 12.8 Å². The first-order valence-electron chi connectivity index (χ1n) is 9.23. The molecule has 1 saturated heterocycles. The van der Waals surface area contributed by atoms with E-state index in [9.17, 15) is 8.42 Å². The molecule has 1 aliphatic carbocycles. The lowest BCUT2D eigenvalue weighted by atomic mass is 10.1. The van der Waals surface area contributed by atoms with Crippen LogP contribution in [0.15, 0.2) is 52.0 Å². The van der Waals surface area contributed by atoms with Gasteiger partial charge in [-0.05, 0) is 43.0 Å². The molecular weight excluding hydrogens is 350 g/mol. The van der Waals surface area contributed by atoms with Crippen LogP contribution in [0.3, 0.4) is 0 Å². The minimum absolute atomic E-state index is 0.110. The van der Waals surface area contributed by atoms with Gasteiger partial charge in [0.05, 0.1) is 30.6 Å². The molecule has 6 nitrogen and oxygen atoms in total. The van der Waals surface area contributed by atoms with Crippen molar-refractivity contribution in [2.45, 2.75) is 36.4 Å². The summed E-state index contributed by atoms with van der Waals surface area (Å²) in [6.07, 6.45) is 4.17. The zero-order valence-electron chi connectivity index (χ0n) is 14.5. The van der Waals surface area contributed by atoms with Gasteiger partial charge in [0.25, 0.3) is 0 Å². The van der Waals surface area contributed by atoms with Crippen molar-refractivity contribution in [1.29, 1.82) is 0 Å². The maximum absolute atomic E-state index is 12.9. The third-order valence-electron chi connectivity index (χ3n) is 5.65. The van der Waals surface area contributed by atoms with Gasteiger partial charge in [0, 0.05) is 19.6 Å². The summed E-state index contributed by atoms with van der Waals surface area (Å²) in [5.41, 5.74) is 0.847. The maximum Gasteiger partial charge on any atom is 0.242 e. The van der Waals surface area contributed by atoms with E-state index >= 15 is 0 Å². The van der Waals surface area contributed by atoms with Gasteiger partial charge in [0.15, 0.2) is 0 Å². The molecule has 1 aromatic heterocycles. The topological polar surface area (TPSA) is 65.8 Å². The molecule has 0 bridgehead atoms. The zero-order valence-corrected chi connectivity index (χ0v) is 15.4. The van der Waals surface area contributed by atoms with E-state index in [1.807, 2.05) is 24.3 Å². The Labute approximate surface area is 153 Å². The smallest absolute Gasteiger partial charge is 0.242 e. The van der Waals surface area contributed by atoms with Crippen LogP contribution in [0.1, 0.15) is 18.6 Å². The minimum atomic E-state index is -3.51. The Kier molecular flexibility index (Phi) is 3.84.